The molecule has 19 heavy (non-hydrogen) atoms. The van der Waals surface area contributed by atoms with Gasteiger partial charge in [0.1, 0.15) is 0 Å². The van der Waals surface area contributed by atoms with Crippen molar-refractivity contribution in [1.29, 1.82) is 0 Å². The van der Waals surface area contributed by atoms with Crippen LogP contribution in [0.4, 0.5) is 0 Å². The van der Waals surface area contributed by atoms with Gasteiger partial charge in [-0.1, -0.05) is 24.3 Å². The molecule has 3 heteroatoms. The number of rotatable bonds is 1. The second-order valence-electron chi connectivity index (χ2n) is 4.72. The monoisotopic (exact) mass is 251 g/mol. The fourth-order valence-corrected chi connectivity index (χ4v) is 2.33. The summed E-state index contributed by atoms with van der Waals surface area (Å²) >= 11 is 0. The first-order valence-electron chi connectivity index (χ1n) is 6.12. The van der Waals surface area contributed by atoms with Crippen LogP contribution >= 0.6 is 0 Å². The molecule has 0 atom stereocenters. The average molecular weight is 251 g/mol. The molecule has 1 aromatic heterocycles. The number of carbonyl (C=O) groups is 2. The summed E-state index contributed by atoms with van der Waals surface area (Å²) in [5.41, 5.74) is 3.21. The molecule has 1 aromatic carbocycles. The summed E-state index contributed by atoms with van der Waals surface area (Å²) in [5.74, 6) is -0.362. The van der Waals surface area contributed by atoms with Crippen molar-refractivity contribution in [3.8, 4) is 0 Å². The lowest BCUT2D eigenvalue weighted by Gasteiger charge is -2.00. The predicted octanol–water partition coefficient (Wildman–Crippen LogP) is 2.80. The van der Waals surface area contributed by atoms with E-state index in [0.717, 1.165) is 11.4 Å². The van der Waals surface area contributed by atoms with Crippen LogP contribution in [-0.2, 0) is 7.05 Å². The molecule has 1 heterocycles. The van der Waals surface area contributed by atoms with E-state index >= 15 is 0 Å². The summed E-state index contributed by atoms with van der Waals surface area (Å²) in [6.07, 6.45) is 1.68. The van der Waals surface area contributed by atoms with Gasteiger partial charge in [0.2, 0.25) is 0 Å². The van der Waals surface area contributed by atoms with Crippen molar-refractivity contribution < 1.29 is 9.59 Å². The van der Waals surface area contributed by atoms with Crippen molar-refractivity contribution >= 4 is 17.6 Å². The molecule has 2 aromatic rings. The van der Waals surface area contributed by atoms with Gasteiger partial charge < -0.3 is 4.57 Å². The van der Waals surface area contributed by atoms with Crippen LogP contribution in [0.5, 0.6) is 0 Å². The Morgan fingerprint density at radius 3 is 2.00 bits per heavy atom. The Kier molecular flexibility index (Phi) is 2.49. The molecule has 3 rings (SSSR count). The molecule has 0 fully saturated rings. The van der Waals surface area contributed by atoms with Crippen LogP contribution < -0.4 is 0 Å². The van der Waals surface area contributed by atoms with Gasteiger partial charge in [0.15, 0.2) is 11.6 Å². The van der Waals surface area contributed by atoms with Gasteiger partial charge in [-0.3, -0.25) is 9.59 Å². The molecule has 0 aliphatic heterocycles. The lowest BCUT2D eigenvalue weighted by atomic mass is 10.1. The number of aryl methyl sites for hydroxylation is 1. The SMILES string of the molecule is Cc1ccc(C=C2C(=O)c3ccccc3C2=O)n1C. The minimum Gasteiger partial charge on any atom is -0.348 e. The smallest absolute Gasteiger partial charge is 0.197 e. The van der Waals surface area contributed by atoms with E-state index in [1.165, 1.54) is 0 Å². The Bertz CT molecular complexity index is 698. The lowest BCUT2D eigenvalue weighted by molar-refractivity contribution is 0.0990. The zero-order valence-corrected chi connectivity index (χ0v) is 10.8. The summed E-state index contributed by atoms with van der Waals surface area (Å²) < 4.78 is 1.95. The van der Waals surface area contributed by atoms with Gasteiger partial charge in [0.25, 0.3) is 0 Å². The molecule has 94 valence electrons. The molecule has 0 bridgehead atoms. The van der Waals surface area contributed by atoms with Gasteiger partial charge in [-0.05, 0) is 25.1 Å². The zero-order valence-electron chi connectivity index (χ0n) is 10.8. The Labute approximate surface area is 111 Å². The minimum atomic E-state index is -0.181. The molecule has 0 saturated heterocycles. The highest BCUT2D eigenvalue weighted by molar-refractivity contribution is 6.41. The number of nitrogens with zero attached hydrogens (tertiary/aromatic N) is 1. The third-order valence-electron chi connectivity index (χ3n) is 3.61. The maximum atomic E-state index is 12.2. The minimum absolute atomic E-state index is 0.181. The van der Waals surface area contributed by atoms with E-state index in [0.29, 0.717) is 11.1 Å². The molecule has 0 saturated carbocycles. The van der Waals surface area contributed by atoms with Crippen molar-refractivity contribution in [3.05, 3.63) is 64.5 Å². The first kappa shape index (κ1) is 11.7. The number of hydrogen-bond acceptors (Lipinski definition) is 2. The van der Waals surface area contributed by atoms with Crippen molar-refractivity contribution in [1.82, 2.24) is 4.57 Å². The van der Waals surface area contributed by atoms with Gasteiger partial charge in [-0.2, -0.15) is 0 Å². The van der Waals surface area contributed by atoms with Crippen LogP contribution in [0.3, 0.4) is 0 Å². The largest absolute Gasteiger partial charge is 0.348 e. The Balaban J connectivity index is 2.12. The van der Waals surface area contributed by atoms with Gasteiger partial charge >= 0.3 is 0 Å². The standard InChI is InChI=1S/C16H13NO2/c1-10-7-8-11(17(10)2)9-14-15(18)12-5-3-4-6-13(12)16(14)19/h3-9H,1-2H3. The fraction of sp³-hybridized carbons (Fsp3) is 0.125. The van der Waals surface area contributed by atoms with Gasteiger partial charge in [0, 0.05) is 29.6 Å². The molecule has 0 amide bonds. The maximum absolute atomic E-state index is 12.2. The van der Waals surface area contributed by atoms with E-state index < -0.39 is 0 Å². The van der Waals surface area contributed by atoms with Crippen LogP contribution in [0, 0.1) is 6.92 Å². The molecule has 1 aliphatic rings. The van der Waals surface area contributed by atoms with Gasteiger partial charge in [-0.15, -0.1) is 0 Å². The Morgan fingerprint density at radius 1 is 0.947 bits per heavy atom. The van der Waals surface area contributed by atoms with Crippen LogP contribution in [0.25, 0.3) is 6.08 Å². The van der Waals surface area contributed by atoms with Crippen LogP contribution in [0.2, 0.25) is 0 Å². The van der Waals surface area contributed by atoms with Gasteiger partial charge in [-0.25, -0.2) is 0 Å². The van der Waals surface area contributed by atoms with Crippen LogP contribution in [0.15, 0.2) is 42.0 Å². The molecule has 3 nitrogen and oxygen atoms in total. The van der Waals surface area contributed by atoms with E-state index in [2.05, 4.69) is 0 Å². The normalized spacial score (nSPS) is 13.9. The van der Waals surface area contributed by atoms with Crippen molar-refractivity contribution in [2.45, 2.75) is 6.92 Å². The number of carbonyl (C=O) groups excluding carboxylic acids is 2. The number of Topliss-reactive ketones (excluding diaryl/α,β-unsaturated/α-hetero) is 2. The molecule has 1 aliphatic carbocycles. The first-order chi connectivity index (χ1) is 9.09. The zero-order chi connectivity index (χ0) is 13.6. The third kappa shape index (κ3) is 1.66. The maximum Gasteiger partial charge on any atom is 0.197 e. The number of fused-ring (bicyclic) bond motifs is 1. The molecule has 0 N–H and O–H groups in total. The topological polar surface area (TPSA) is 39.1 Å². The highest BCUT2D eigenvalue weighted by Crippen LogP contribution is 2.27. The molecule has 0 unspecified atom stereocenters. The number of ketones is 2. The third-order valence-corrected chi connectivity index (χ3v) is 3.61. The number of aromatic nitrogens is 1. The quantitative estimate of drug-likeness (QED) is 0.577. The van der Waals surface area contributed by atoms with Crippen LogP contribution in [-0.4, -0.2) is 16.1 Å². The second kappa shape index (κ2) is 4.05. The second-order valence-corrected chi connectivity index (χ2v) is 4.72. The highest BCUT2D eigenvalue weighted by atomic mass is 16.2. The van der Waals surface area contributed by atoms with E-state index in [1.54, 1.807) is 30.3 Å². The summed E-state index contributed by atoms with van der Waals surface area (Å²) in [4.78, 5) is 24.5. The molecular weight excluding hydrogens is 238 g/mol. The van der Waals surface area contributed by atoms with Crippen molar-refractivity contribution in [2.24, 2.45) is 7.05 Å². The molecule has 0 radical (unpaired) electrons. The lowest BCUT2D eigenvalue weighted by Crippen LogP contribution is -2.02. The number of allylic oxidation sites excluding steroid dienone is 1. The van der Waals surface area contributed by atoms with Crippen molar-refractivity contribution in [2.75, 3.05) is 0 Å². The van der Waals surface area contributed by atoms with E-state index in [-0.39, 0.29) is 17.1 Å². The summed E-state index contributed by atoms with van der Waals surface area (Å²) in [6, 6.07) is 10.8. The summed E-state index contributed by atoms with van der Waals surface area (Å²) in [6.45, 7) is 1.98. The summed E-state index contributed by atoms with van der Waals surface area (Å²) in [7, 11) is 1.92. The van der Waals surface area contributed by atoms with E-state index in [9.17, 15) is 9.59 Å². The molecular formula is C16H13NO2. The Morgan fingerprint density at radius 2 is 1.53 bits per heavy atom. The van der Waals surface area contributed by atoms with Gasteiger partial charge in [0.05, 0.1) is 5.57 Å². The summed E-state index contributed by atoms with van der Waals surface area (Å²) in [5, 5.41) is 0. The molecule has 0 spiro atoms. The van der Waals surface area contributed by atoms with Crippen molar-refractivity contribution in [3.63, 3.8) is 0 Å². The predicted molar refractivity (Wildman–Crippen MR) is 73.2 cm³/mol. The first-order valence-corrected chi connectivity index (χ1v) is 6.12. The average Bonchev–Trinajstić information content (AvgIpc) is 2.86. The highest BCUT2D eigenvalue weighted by Gasteiger charge is 2.32. The van der Waals surface area contributed by atoms with E-state index in [4.69, 9.17) is 0 Å². The van der Waals surface area contributed by atoms with Crippen LogP contribution in [0.1, 0.15) is 32.1 Å². The van der Waals surface area contributed by atoms with E-state index in [1.807, 2.05) is 30.7 Å². The Hall–Kier alpha value is -2.42. The fourth-order valence-electron chi connectivity index (χ4n) is 2.33. The number of benzene rings is 1. The number of hydrogen-bond donors (Lipinski definition) is 0.